The number of esters is 1. The fourth-order valence-electron chi connectivity index (χ4n) is 4.51. The molecule has 6 nitrogen and oxygen atoms in total. The molecule has 1 aliphatic rings. The number of hydrogen-bond donors (Lipinski definition) is 0. The van der Waals surface area contributed by atoms with E-state index in [1.807, 2.05) is 61.5 Å². The smallest absolute Gasteiger partial charge is 0.338 e. The molecule has 0 radical (unpaired) electrons. The summed E-state index contributed by atoms with van der Waals surface area (Å²) in [5.74, 6) is 0.0661. The van der Waals surface area contributed by atoms with E-state index in [2.05, 4.69) is 15.9 Å². The van der Waals surface area contributed by atoms with Gasteiger partial charge in [-0.3, -0.25) is 9.36 Å². The average molecular weight is 658 g/mol. The molecule has 0 N–H and O–H groups in total. The Hall–Kier alpha value is -3.17. The second-order valence-electron chi connectivity index (χ2n) is 8.91. The summed E-state index contributed by atoms with van der Waals surface area (Å²) in [4.78, 5) is 32.1. The molecular weight excluding hydrogens is 635 g/mol. The molecule has 0 saturated heterocycles. The first-order valence-electron chi connectivity index (χ1n) is 12.3. The van der Waals surface area contributed by atoms with Gasteiger partial charge in [0.25, 0.3) is 5.56 Å². The third-order valence-electron chi connectivity index (χ3n) is 6.42. The van der Waals surface area contributed by atoms with Gasteiger partial charge in [0.2, 0.25) is 0 Å². The van der Waals surface area contributed by atoms with Crippen LogP contribution < -0.4 is 19.6 Å². The van der Waals surface area contributed by atoms with Gasteiger partial charge >= 0.3 is 5.97 Å². The van der Waals surface area contributed by atoms with Crippen molar-refractivity contribution in [2.75, 3.05) is 7.11 Å². The number of hydrogen-bond acceptors (Lipinski definition) is 6. The van der Waals surface area contributed by atoms with Crippen LogP contribution in [-0.4, -0.2) is 17.6 Å². The van der Waals surface area contributed by atoms with Crippen molar-refractivity contribution in [3.63, 3.8) is 0 Å². The Morgan fingerprint density at radius 1 is 1.12 bits per heavy atom. The molecule has 0 unspecified atom stereocenters. The molecule has 1 aliphatic heterocycles. The van der Waals surface area contributed by atoms with Gasteiger partial charge in [0, 0.05) is 25.6 Å². The van der Waals surface area contributed by atoms with E-state index in [0.717, 1.165) is 15.6 Å². The number of benzene rings is 3. The Labute approximate surface area is 252 Å². The Kier molecular flexibility index (Phi) is 8.61. The summed E-state index contributed by atoms with van der Waals surface area (Å²) in [7, 11) is 1.34. The van der Waals surface area contributed by atoms with Gasteiger partial charge < -0.3 is 9.47 Å². The predicted octanol–water partition coefficient (Wildman–Crippen LogP) is 6.45. The summed E-state index contributed by atoms with van der Waals surface area (Å²) in [6.45, 7) is 2.15. The molecule has 204 valence electrons. The van der Waals surface area contributed by atoms with Crippen LogP contribution in [0.4, 0.5) is 0 Å². The standard InChI is InChI=1S/C30H23BrCl2N2O4S/c1-3-23-26(29(37)38-2)27(17-7-5-4-6-8-17)35-28(36)25(40-30(35)34-23)14-19-13-20(31)10-12-24(19)39-16-18-9-11-21(32)15-22(18)33/h4-15,27H,3,16H2,1-2H3/b25-14-/t27-/m0/s1. The maximum absolute atomic E-state index is 13.9. The molecule has 0 aliphatic carbocycles. The number of allylic oxidation sites excluding steroid dienone is 1. The summed E-state index contributed by atoms with van der Waals surface area (Å²) < 4.78 is 14.1. The molecule has 0 spiro atoms. The van der Waals surface area contributed by atoms with Crippen LogP contribution in [0.3, 0.4) is 0 Å². The lowest BCUT2D eigenvalue weighted by Gasteiger charge is -2.25. The van der Waals surface area contributed by atoms with E-state index < -0.39 is 12.0 Å². The fraction of sp³-hybridized carbons (Fsp3) is 0.167. The van der Waals surface area contributed by atoms with Gasteiger partial charge in [-0.15, -0.1) is 0 Å². The molecule has 0 bridgehead atoms. The van der Waals surface area contributed by atoms with Gasteiger partial charge in [0.1, 0.15) is 12.4 Å². The number of aromatic nitrogens is 1. The van der Waals surface area contributed by atoms with Crippen molar-refractivity contribution in [3.05, 3.63) is 129 Å². The zero-order valence-electron chi connectivity index (χ0n) is 21.5. The number of fused-ring (bicyclic) bond motifs is 1. The first kappa shape index (κ1) is 28.4. The summed E-state index contributed by atoms with van der Waals surface area (Å²) in [6.07, 6.45) is 2.29. The van der Waals surface area contributed by atoms with Crippen LogP contribution in [0, 0.1) is 0 Å². The number of thiazole rings is 1. The highest BCUT2D eigenvalue weighted by atomic mass is 79.9. The Morgan fingerprint density at radius 3 is 2.60 bits per heavy atom. The van der Waals surface area contributed by atoms with Crippen LogP contribution in [0.1, 0.15) is 36.1 Å². The van der Waals surface area contributed by atoms with Crippen molar-refractivity contribution < 1.29 is 14.3 Å². The van der Waals surface area contributed by atoms with Gasteiger partial charge in [-0.2, -0.15) is 0 Å². The zero-order valence-corrected chi connectivity index (χ0v) is 25.4. The van der Waals surface area contributed by atoms with Gasteiger partial charge in [0.05, 0.1) is 29.0 Å². The minimum Gasteiger partial charge on any atom is -0.488 e. The molecule has 0 fully saturated rings. The molecule has 2 heterocycles. The van der Waals surface area contributed by atoms with Gasteiger partial charge in [-0.25, -0.2) is 9.79 Å². The number of carbonyl (C=O) groups excluding carboxylic acids is 1. The quantitative estimate of drug-likeness (QED) is 0.214. The zero-order chi connectivity index (χ0) is 28.4. The highest BCUT2D eigenvalue weighted by Crippen LogP contribution is 2.32. The molecule has 1 atom stereocenters. The van der Waals surface area contributed by atoms with E-state index in [1.54, 1.807) is 22.8 Å². The van der Waals surface area contributed by atoms with Crippen molar-refractivity contribution in [1.82, 2.24) is 4.57 Å². The predicted molar refractivity (Wildman–Crippen MR) is 162 cm³/mol. The average Bonchev–Trinajstić information content (AvgIpc) is 3.26. The molecule has 40 heavy (non-hydrogen) atoms. The fourth-order valence-corrected chi connectivity index (χ4v) is 6.37. The van der Waals surface area contributed by atoms with Gasteiger partial charge in [-0.1, -0.05) is 93.8 Å². The Morgan fingerprint density at radius 2 is 1.90 bits per heavy atom. The second kappa shape index (κ2) is 12.1. The topological polar surface area (TPSA) is 69.9 Å². The van der Waals surface area contributed by atoms with Crippen molar-refractivity contribution >= 4 is 62.5 Å². The lowest BCUT2D eigenvalue weighted by molar-refractivity contribution is -0.136. The number of rotatable bonds is 7. The minimum atomic E-state index is -0.660. The Balaban J connectivity index is 1.63. The largest absolute Gasteiger partial charge is 0.488 e. The third-order valence-corrected chi connectivity index (χ3v) is 8.49. The summed E-state index contributed by atoms with van der Waals surface area (Å²) in [6, 6.07) is 19.6. The van der Waals surface area contributed by atoms with Gasteiger partial charge in [0.15, 0.2) is 4.80 Å². The van der Waals surface area contributed by atoms with Crippen LogP contribution in [0.2, 0.25) is 10.0 Å². The Bertz CT molecular complexity index is 1820. The molecule has 3 aromatic carbocycles. The van der Waals surface area contributed by atoms with Crippen LogP contribution in [-0.2, 0) is 16.1 Å². The van der Waals surface area contributed by atoms with Crippen LogP contribution in [0.15, 0.2) is 92.3 Å². The summed E-state index contributed by atoms with van der Waals surface area (Å²) in [5, 5.41) is 1.05. The molecule has 0 amide bonds. The molecule has 4 aromatic rings. The first-order valence-corrected chi connectivity index (χ1v) is 14.7. The molecule has 10 heteroatoms. The first-order chi connectivity index (χ1) is 19.3. The van der Waals surface area contributed by atoms with E-state index in [4.69, 9.17) is 37.7 Å². The minimum absolute atomic E-state index is 0.218. The number of nitrogens with zero attached hydrogens (tertiary/aromatic N) is 2. The number of methoxy groups -OCH3 is 1. The van der Waals surface area contributed by atoms with E-state index in [9.17, 15) is 9.59 Å². The van der Waals surface area contributed by atoms with Crippen molar-refractivity contribution in [2.24, 2.45) is 4.99 Å². The lowest BCUT2D eigenvalue weighted by Crippen LogP contribution is -2.40. The molecule has 1 aromatic heterocycles. The molecule has 0 saturated carbocycles. The highest BCUT2D eigenvalue weighted by molar-refractivity contribution is 9.10. The summed E-state index contributed by atoms with van der Waals surface area (Å²) >= 11 is 17.1. The number of carbonyl (C=O) groups is 1. The van der Waals surface area contributed by atoms with Crippen LogP contribution in [0.5, 0.6) is 5.75 Å². The van der Waals surface area contributed by atoms with E-state index in [0.29, 0.717) is 48.4 Å². The summed E-state index contributed by atoms with van der Waals surface area (Å²) in [5.41, 5.74) is 2.97. The normalized spacial score (nSPS) is 15.0. The maximum Gasteiger partial charge on any atom is 0.338 e. The second-order valence-corrected chi connectivity index (χ2v) is 11.7. The molecular formula is C30H23BrCl2N2O4S. The van der Waals surface area contributed by atoms with Crippen molar-refractivity contribution in [2.45, 2.75) is 26.0 Å². The number of halogens is 3. The van der Waals surface area contributed by atoms with Crippen molar-refractivity contribution in [3.8, 4) is 5.75 Å². The monoisotopic (exact) mass is 656 g/mol. The van der Waals surface area contributed by atoms with E-state index in [1.165, 1.54) is 18.4 Å². The van der Waals surface area contributed by atoms with E-state index >= 15 is 0 Å². The van der Waals surface area contributed by atoms with Crippen LogP contribution >= 0.6 is 50.5 Å². The van der Waals surface area contributed by atoms with Gasteiger partial charge in [-0.05, 0) is 48.4 Å². The third kappa shape index (κ3) is 5.67. The van der Waals surface area contributed by atoms with Crippen LogP contribution in [0.25, 0.3) is 6.08 Å². The number of ether oxygens (including phenoxy) is 2. The SMILES string of the molecule is CCC1=C(C(=O)OC)[C@H](c2ccccc2)n2c(s/c(=C\c3cc(Br)ccc3OCc3ccc(Cl)cc3Cl)c2=O)=N1. The van der Waals surface area contributed by atoms with E-state index in [-0.39, 0.29) is 12.2 Å². The lowest BCUT2D eigenvalue weighted by atomic mass is 9.95. The maximum atomic E-state index is 13.9. The van der Waals surface area contributed by atoms with Crippen molar-refractivity contribution in [1.29, 1.82) is 0 Å². The highest BCUT2D eigenvalue weighted by Gasteiger charge is 2.33. The molecule has 5 rings (SSSR count).